The number of benzene rings is 1. The summed E-state index contributed by atoms with van der Waals surface area (Å²) in [6.07, 6.45) is 0. The van der Waals surface area contributed by atoms with E-state index in [1.54, 1.807) is 6.07 Å². The van der Waals surface area contributed by atoms with Gasteiger partial charge in [0.05, 0.1) is 5.76 Å². The highest BCUT2D eigenvalue weighted by molar-refractivity contribution is 6.30. The lowest BCUT2D eigenvalue weighted by atomic mass is 10.2. The minimum atomic E-state index is 0.681. The molecular formula is C10H11ClO. The highest BCUT2D eigenvalue weighted by atomic mass is 35.5. The highest BCUT2D eigenvalue weighted by Crippen LogP contribution is 2.22. The molecule has 0 saturated heterocycles. The van der Waals surface area contributed by atoms with Crippen LogP contribution in [0.5, 0.6) is 5.75 Å². The topological polar surface area (TPSA) is 9.23 Å². The van der Waals surface area contributed by atoms with Gasteiger partial charge in [-0.2, -0.15) is 0 Å². The zero-order chi connectivity index (χ0) is 9.14. The Labute approximate surface area is 77.6 Å². The van der Waals surface area contributed by atoms with Gasteiger partial charge in [-0.15, -0.1) is 0 Å². The summed E-state index contributed by atoms with van der Waals surface area (Å²) in [4.78, 5) is 0. The molecule has 0 amide bonds. The minimum absolute atomic E-state index is 0.681. The molecular weight excluding hydrogens is 172 g/mol. The molecule has 12 heavy (non-hydrogen) atoms. The molecule has 0 N–H and O–H groups in total. The van der Waals surface area contributed by atoms with E-state index in [1.165, 1.54) is 0 Å². The van der Waals surface area contributed by atoms with E-state index in [4.69, 9.17) is 16.3 Å². The summed E-state index contributed by atoms with van der Waals surface area (Å²) in [5.41, 5.74) is 1.02. The zero-order valence-corrected chi connectivity index (χ0v) is 7.98. The summed E-state index contributed by atoms with van der Waals surface area (Å²) in [6.45, 7) is 7.42. The average Bonchev–Trinajstić information content (AvgIpc) is 1.94. The van der Waals surface area contributed by atoms with E-state index in [2.05, 4.69) is 6.58 Å². The molecule has 0 aliphatic heterocycles. The number of ether oxygens (including phenoxy) is 1. The predicted octanol–water partition coefficient (Wildman–Crippen LogP) is 3.56. The molecule has 2 heteroatoms. The van der Waals surface area contributed by atoms with Gasteiger partial charge in [-0.3, -0.25) is 0 Å². The van der Waals surface area contributed by atoms with Crippen LogP contribution in [0.15, 0.2) is 30.5 Å². The number of hydrogen-bond acceptors (Lipinski definition) is 1. The highest BCUT2D eigenvalue weighted by Gasteiger charge is 1.99. The molecule has 0 aliphatic rings. The minimum Gasteiger partial charge on any atom is -0.462 e. The first kappa shape index (κ1) is 9.14. The Balaban J connectivity index is 2.93. The van der Waals surface area contributed by atoms with Crippen LogP contribution in [0.25, 0.3) is 0 Å². The maximum Gasteiger partial charge on any atom is 0.129 e. The van der Waals surface area contributed by atoms with Gasteiger partial charge >= 0.3 is 0 Å². The third-order valence-electron chi connectivity index (χ3n) is 1.42. The lowest BCUT2D eigenvalue weighted by Crippen LogP contribution is -1.90. The van der Waals surface area contributed by atoms with E-state index < -0.39 is 0 Å². The van der Waals surface area contributed by atoms with Crippen LogP contribution in [0.4, 0.5) is 0 Å². The number of hydrogen-bond donors (Lipinski definition) is 0. The van der Waals surface area contributed by atoms with E-state index in [-0.39, 0.29) is 0 Å². The SMILES string of the molecule is C=C(C)Oc1ccc(Cl)cc1C. The van der Waals surface area contributed by atoms with Crippen LogP contribution in [-0.4, -0.2) is 0 Å². The summed E-state index contributed by atoms with van der Waals surface area (Å²) >= 11 is 5.78. The summed E-state index contributed by atoms with van der Waals surface area (Å²) in [5, 5.41) is 0.724. The van der Waals surface area contributed by atoms with Gasteiger partial charge in [-0.1, -0.05) is 18.2 Å². The van der Waals surface area contributed by atoms with Gasteiger partial charge in [-0.25, -0.2) is 0 Å². The second-order valence-corrected chi connectivity index (χ2v) is 3.15. The molecule has 1 rings (SSSR count). The van der Waals surface area contributed by atoms with Crippen molar-refractivity contribution in [2.24, 2.45) is 0 Å². The molecule has 0 radical (unpaired) electrons. The normalized spacial score (nSPS) is 9.58. The van der Waals surface area contributed by atoms with E-state index in [0.717, 1.165) is 16.3 Å². The molecule has 0 fully saturated rings. The molecule has 0 unspecified atom stereocenters. The Kier molecular flexibility index (Phi) is 2.77. The Morgan fingerprint density at radius 1 is 1.50 bits per heavy atom. The lowest BCUT2D eigenvalue weighted by molar-refractivity contribution is 0.427. The van der Waals surface area contributed by atoms with E-state index in [0.29, 0.717) is 5.76 Å². The quantitative estimate of drug-likeness (QED) is 0.636. The standard InChI is InChI=1S/C10H11ClO/c1-7(2)12-10-5-4-9(11)6-8(10)3/h4-6H,1H2,2-3H3. The van der Waals surface area contributed by atoms with Crippen molar-refractivity contribution in [1.82, 2.24) is 0 Å². The third kappa shape index (κ3) is 2.28. The fraction of sp³-hybridized carbons (Fsp3) is 0.200. The first-order valence-corrected chi connectivity index (χ1v) is 4.07. The molecule has 1 aromatic rings. The van der Waals surface area contributed by atoms with Crippen LogP contribution in [-0.2, 0) is 0 Å². The third-order valence-corrected chi connectivity index (χ3v) is 1.66. The van der Waals surface area contributed by atoms with Crippen molar-refractivity contribution < 1.29 is 4.74 Å². The van der Waals surface area contributed by atoms with Crippen LogP contribution < -0.4 is 4.74 Å². The van der Waals surface area contributed by atoms with Crippen molar-refractivity contribution in [3.63, 3.8) is 0 Å². The largest absolute Gasteiger partial charge is 0.462 e. The monoisotopic (exact) mass is 182 g/mol. The second-order valence-electron chi connectivity index (χ2n) is 2.71. The molecule has 1 aromatic carbocycles. The Morgan fingerprint density at radius 3 is 2.67 bits per heavy atom. The van der Waals surface area contributed by atoms with E-state index in [1.807, 2.05) is 26.0 Å². The Hall–Kier alpha value is -0.950. The fourth-order valence-corrected chi connectivity index (χ4v) is 1.14. The van der Waals surface area contributed by atoms with Crippen molar-refractivity contribution in [2.75, 3.05) is 0 Å². The molecule has 0 aliphatic carbocycles. The smallest absolute Gasteiger partial charge is 0.129 e. The van der Waals surface area contributed by atoms with Gasteiger partial charge in [0.2, 0.25) is 0 Å². The fourth-order valence-electron chi connectivity index (χ4n) is 0.915. The maximum atomic E-state index is 5.78. The Morgan fingerprint density at radius 2 is 2.17 bits per heavy atom. The molecule has 1 nitrogen and oxygen atoms in total. The summed E-state index contributed by atoms with van der Waals surface area (Å²) in [5.74, 6) is 1.49. The van der Waals surface area contributed by atoms with E-state index >= 15 is 0 Å². The van der Waals surface area contributed by atoms with Gasteiger partial charge in [0.1, 0.15) is 5.75 Å². The summed E-state index contributed by atoms with van der Waals surface area (Å²) < 4.78 is 5.35. The van der Waals surface area contributed by atoms with Crippen LogP contribution >= 0.6 is 11.6 Å². The number of rotatable bonds is 2. The summed E-state index contributed by atoms with van der Waals surface area (Å²) in [6, 6.07) is 5.50. The van der Waals surface area contributed by atoms with Crippen LogP contribution in [0.3, 0.4) is 0 Å². The molecule has 0 aromatic heterocycles. The molecule has 64 valence electrons. The average molecular weight is 183 g/mol. The number of aryl methyl sites for hydroxylation is 1. The molecule has 0 saturated carbocycles. The number of halogens is 1. The predicted molar refractivity (Wildman–Crippen MR) is 51.6 cm³/mol. The van der Waals surface area contributed by atoms with Crippen molar-refractivity contribution in [1.29, 1.82) is 0 Å². The Bertz CT molecular complexity index is 305. The van der Waals surface area contributed by atoms with Crippen molar-refractivity contribution in [3.05, 3.63) is 41.1 Å². The van der Waals surface area contributed by atoms with Crippen molar-refractivity contribution in [3.8, 4) is 5.75 Å². The second kappa shape index (κ2) is 3.63. The van der Waals surface area contributed by atoms with Gasteiger partial charge in [0.15, 0.2) is 0 Å². The first-order chi connectivity index (χ1) is 5.59. The molecule has 0 spiro atoms. The molecule has 0 heterocycles. The number of allylic oxidation sites excluding steroid dienone is 1. The van der Waals surface area contributed by atoms with Gasteiger partial charge < -0.3 is 4.74 Å². The van der Waals surface area contributed by atoms with Gasteiger partial charge in [-0.05, 0) is 37.6 Å². The first-order valence-electron chi connectivity index (χ1n) is 3.69. The van der Waals surface area contributed by atoms with Crippen LogP contribution in [0.1, 0.15) is 12.5 Å². The molecule has 0 bridgehead atoms. The molecule has 0 atom stereocenters. The van der Waals surface area contributed by atoms with E-state index in [9.17, 15) is 0 Å². The summed E-state index contributed by atoms with van der Waals surface area (Å²) in [7, 11) is 0. The van der Waals surface area contributed by atoms with Crippen molar-refractivity contribution in [2.45, 2.75) is 13.8 Å². The van der Waals surface area contributed by atoms with Crippen molar-refractivity contribution >= 4 is 11.6 Å². The van der Waals surface area contributed by atoms with Crippen LogP contribution in [0, 0.1) is 6.92 Å². The van der Waals surface area contributed by atoms with Crippen LogP contribution in [0.2, 0.25) is 5.02 Å². The van der Waals surface area contributed by atoms with Gasteiger partial charge in [0.25, 0.3) is 0 Å². The maximum absolute atomic E-state index is 5.78. The lowest BCUT2D eigenvalue weighted by Gasteiger charge is -2.07. The van der Waals surface area contributed by atoms with Gasteiger partial charge in [0, 0.05) is 5.02 Å². The zero-order valence-electron chi connectivity index (χ0n) is 7.23.